The van der Waals surface area contributed by atoms with E-state index in [1.807, 2.05) is 31.2 Å². The fraction of sp³-hybridized carbons (Fsp3) is 0.263. The summed E-state index contributed by atoms with van der Waals surface area (Å²) >= 11 is 0. The highest BCUT2D eigenvalue weighted by molar-refractivity contribution is 5.99. The van der Waals surface area contributed by atoms with Crippen LogP contribution in [0.2, 0.25) is 0 Å². The van der Waals surface area contributed by atoms with Gasteiger partial charge in [-0.3, -0.25) is 9.59 Å². The number of anilines is 2. The van der Waals surface area contributed by atoms with Gasteiger partial charge in [0.2, 0.25) is 5.91 Å². The molecule has 1 unspecified atom stereocenters. The molecular formula is C19H22ClN3O2. The number of para-hydroxylation sites is 1. The van der Waals surface area contributed by atoms with Gasteiger partial charge in [0.25, 0.3) is 5.91 Å². The molecule has 2 amide bonds. The summed E-state index contributed by atoms with van der Waals surface area (Å²) < 4.78 is 0. The predicted octanol–water partition coefficient (Wildman–Crippen LogP) is 3.31. The van der Waals surface area contributed by atoms with Crippen LogP contribution in [0.1, 0.15) is 41.7 Å². The number of hydrogen-bond donors (Lipinski definition) is 2. The van der Waals surface area contributed by atoms with Crippen molar-refractivity contribution in [2.24, 2.45) is 0 Å². The molecule has 0 aliphatic carbocycles. The van der Waals surface area contributed by atoms with Gasteiger partial charge in [-0.15, -0.1) is 12.4 Å². The van der Waals surface area contributed by atoms with Gasteiger partial charge in [-0.25, -0.2) is 0 Å². The zero-order valence-corrected chi connectivity index (χ0v) is 14.9. The van der Waals surface area contributed by atoms with Gasteiger partial charge in [-0.05, 0) is 43.2 Å². The van der Waals surface area contributed by atoms with Crippen LogP contribution in [0.15, 0.2) is 48.5 Å². The number of halogens is 1. The second-order valence-electron chi connectivity index (χ2n) is 6.02. The molecule has 0 saturated carbocycles. The summed E-state index contributed by atoms with van der Waals surface area (Å²) in [6.07, 6.45) is 1.53. The third-order valence-corrected chi connectivity index (χ3v) is 4.33. The number of benzene rings is 2. The van der Waals surface area contributed by atoms with Gasteiger partial charge >= 0.3 is 0 Å². The third kappa shape index (κ3) is 4.12. The van der Waals surface area contributed by atoms with Gasteiger partial charge in [0, 0.05) is 24.3 Å². The number of carbonyl (C=O) groups excluding carboxylic acids is 2. The number of nitrogens with two attached hydrogens (primary N) is 1. The minimum Gasteiger partial charge on any atom is -0.398 e. The summed E-state index contributed by atoms with van der Waals surface area (Å²) in [5.74, 6) is -0.0250. The molecule has 1 saturated heterocycles. The van der Waals surface area contributed by atoms with Crippen molar-refractivity contribution in [3.8, 4) is 0 Å². The number of rotatable bonds is 4. The van der Waals surface area contributed by atoms with E-state index in [2.05, 4.69) is 5.32 Å². The predicted molar refractivity (Wildman–Crippen MR) is 102 cm³/mol. The standard InChI is InChI=1S/C19H21N3O2.ClH/c1-13(21-19(24)16-5-2-3-6-17(16)20)14-8-10-15(11-9-14)22-12-4-7-18(22)23;/h2-3,5-6,8-11,13H,4,7,12,20H2,1H3,(H,21,24);1H. The molecular weight excluding hydrogens is 338 g/mol. The lowest BCUT2D eigenvalue weighted by atomic mass is 10.1. The van der Waals surface area contributed by atoms with Gasteiger partial charge in [0.05, 0.1) is 11.6 Å². The zero-order valence-electron chi connectivity index (χ0n) is 14.1. The monoisotopic (exact) mass is 359 g/mol. The number of nitrogens with one attached hydrogen (secondary N) is 1. The van der Waals surface area contributed by atoms with E-state index >= 15 is 0 Å². The summed E-state index contributed by atoms with van der Waals surface area (Å²) in [6.45, 7) is 2.70. The van der Waals surface area contributed by atoms with E-state index in [1.54, 1.807) is 29.2 Å². The molecule has 132 valence electrons. The van der Waals surface area contributed by atoms with E-state index in [0.29, 0.717) is 17.7 Å². The Labute approximate surface area is 153 Å². The Morgan fingerprint density at radius 1 is 1.16 bits per heavy atom. The molecule has 0 spiro atoms. The molecule has 3 rings (SSSR count). The average molecular weight is 360 g/mol. The number of nitrogens with zero attached hydrogens (tertiary/aromatic N) is 1. The first-order valence-corrected chi connectivity index (χ1v) is 8.12. The number of amides is 2. The van der Waals surface area contributed by atoms with Crippen LogP contribution in [0.5, 0.6) is 0 Å². The Bertz CT molecular complexity index is 762. The van der Waals surface area contributed by atoms with Gasteiger partial charge in [-0.2, -0.15) is 0 Å². The van der Waals surface area contributed by atoms with E-state index in [4.69, 9.17) is 5.73 Å². The lowest BCUT2D eigenvalue weighted by Crippen LogP contribution is -2.27. The molecule has 1 heterocycles. The molecule has 0 aromatic heterocycles. The molecule has 1 aliphatic rings. The van der Waals surface area contributed by atoms with Gasteiger partial charge in [-0.1, -0.05) is 24.3 Å². The van der Waals surface area contributed by atoms with Gasteiger partial charge in [0.1, 0.15) is 0 Å². The first kappa shape index (κ1) is 18.8. The van der Waals surface area contributed by atoms with Crippen molar-refractivity contribution < 1.29 is 9.59 Å². The second kappa shape index (κ2) is 8.03. The SMILES string of the molecule is CC(NC(=O)c1ccccc1N)c1ccc(N2CCCC2=O)cc1.Cl. The van der Waals surface area contributed by atoms with Crippen LogP contribution in [0.25, 0.3) is 0 Å². The lowest BCUT2D eigenvalue weighted by molar-refractivity contribution is -0.117. The highest BCUT2D eigenvalue weighted by Crippen LogP contribution is 2.24. The van der Waals surface area contributed by atoms with Crippen molar-refractivity contribution in [3.63, 3.8) is 0 Å². The highest BCUT2D eigenvalue weighted by Gasteiger charge is 2.21. The number of hydrogen-bond acceptors (Lipinski definition) is 3. The molecule has 3 N–H and O–H groups in total. The van der Waals surface area contributed by atoms with Crippen LogP contribution < -0.4 is 16.0 Å². The molecule has 0 bridgehead atoms. The quantitative estimate of drug-likeness (QED) is 0.822. The van der Waals surface area contributed by atoms with E-state index in [0.717, 1.165) is 24.2 Å². The van der Waals surface area contributed by atoms with E-state index in [-0.39, 0.29) is 30.3 Å². The molecule has 1 fully saturated rings. The number of carbonyl (C=O) groups is 2. The summed E-state index contributed by atoms with van der Waals surface area (Å²) in [5, 5.41) is 2.95. The smallest absolute Gasteiger partial charge is 0.253 e. The fourth-order valence-electron chi connectivity index (χ4n) is 2.93. The van der Waals surface area contributed by atoms with Crippen molar-refractivity contribution in [2.45, 2.75) is 25.8 Å². The Kier molecular flexibility index (Phi) is 6.04. The second-order valence-corrected chi connectivity index (χ2v) is 6.02. The maximum absolute atomic E-state index is 12.3. The Morgan fingerprint density at radius 2 is 1.84 bits per heavy atom. The summed E-state index contributed by atoms with van der Waals surface area (Å²) in [7, 11) is 0. The number of nitrogen functional groups attached to an aromatic ring is 1. The van der Waals surface area contributed by atoms with E-state index in [1.165, 1.54) is 0 Å². The van der Waals surface area contributed by atoms with Gasteiger partial charge in [0.15, 0.2) is 0 Å². The van der Waals surface area contributed by atoms with Crippen molar-refractivity contribution in [3.05, 3.63) is 59.7 Å². The molecule has 5 nitrogen and oxygen atoms in total. The maximum atomic E-state index is 12.3. The highest BCUT2D eigenvalue weighted by atomic mass is 35.5. The van der Waals surface area contributed by atoms with Crippen LogP contribution in [-0.4, -0.2) is 18.4 Å². The minimum absolute atomic E-state index is 0. The van der Waals surface area contributed by atoms with Crippen LogP contribution in [-0.2, 0) is 4.79 Å². The first-order valence-electron chi connectivity index (χ1n) is 8.12. The van der Waals surface area contributed by atoms with Crippen LogP contribution in [0, 0.1) is 0 Å². The zero-order chi connectivity index (χ0) is 17.1. The van der Waals surface area contributed by atoms with Crippen LogP contribution >= 0.6 is 12.4 Å². The van der Waals surface area contributed by atoms with E-state index in [9.17, 15) is 9.59 Å². The molecule has 0 radical (unpaired) electrons. The van der Waals surface area contributed by atoms with Crippen molar-refractivity contribution in [1.29, 1.82) is 0 Å². The normalized spacial score (nSPS) is 14.8. The molecule has 6 heteroatoms. The molecule has 1 aliphatic heterocycles. The van der Waals surface area contributed by atoms with Crippen LogP contribution in [0.3, 0.4) is 0 Å². The molecule has 1 atom stereocenters. The van der Waals surface area contributed by atoms with Crippen molar-refractivity contribution >= 4 is 35.6 Å². The molecule has 2 aromatic carbocycles. The Hall–Kier alpha value is -2.53. The maximum Gasteiger partial charge on any atom is 0.253 e. The molecule has 2 aromatic rings. The first-order chi connectivity index (χ1) is 11.6. The largest absolute Gasteiger partial charge is 0.398 e. The Morgan fingerprint density at radius 3 is 2.44 bits per heavy atom. The fourth-order valence-corrected chi connectivity index (χ4v) is 2.93. The average Bonchev–Trinajstić information content (AvgIpc) is 3.01. The summed E-state index contributed by atoms with van der Waals surface area (Å²) in [4.78, 5) is 25.9. The summed E-state index contributed by atoms with van der Waals surface area (Å²) in [5.41, 5.74) is 8.67. The summed E-state index contributed by atoms with van der Waals surface area (Å²) in [6, 6.07) is 14.6. The van der Waals surface area contributed by atoms with Crippen molar-refractivity contribution in [2.75, 3.05) is 17.2 Å². The van der Waals surface area contributed by atoms with Crippen molar-refractivity contribution in [1.82, 2.24) is 5.32 Å². The van der Waals surface area contributed by atoms with Gasteiger partial charge < -0.3 is 16.0 Å². The minimum atomic E-state index is -0.195. The molecule has 25 heavy (non-hydrogen) atoms. The lowest BCUT2D eigenvalue weighted by Gasteiger charge is -2.18. The van der Waals surface area contributed by atoms with Crippen LogP contribution in [0.4, 0.5) is 11.4 Å². The topological polar surface area (TPSA) is 75.4 Å². The Balaban J connectivity index is 0.00000225. The van der Waals surface area contributed by atoms with E-state index < -0.39 is 0 Å². The third-order valence-electron chi connectivity index (χ3n) is 4.33.